The number of amidine groups is 1. The standard InChI is InChI=1S/C10H20Cl3N3.2ClH/c1-4-6-16(8-5-7-15(2)3)9(14)10(11,12)13;;/h14H,4-8H2,1-3H3;2*1H. The Balaban J connectivity index is -0.00000112. The van der Waals surface area contributed by atoms with E-state index in [9.17, 15) is 0 Å². The number of nitrogens with two attached hydrogens (primary N) is 1. The Hall–Kier alpha value is 0.880. The molecule has 0 unspecified atom stereocenters. The number of hydrogen-bond donors (Lipinski definition) is 2. The number of halogens is 5. The van der Waals surface area contributed by atoms with E-state index in [4.69, 9.17) is 40.5 Å². The third-order valence-corrected chi connectivity index (χ3v) is 2.81. The molecule has 3 nitrogen and oxygen atoms in total. The van der Waals surface area contributed by atoms with Crippen LogP contribution in [0.25, 0.3) is 0 Å². The Morgan fingerprint density at radius 3 is 2.00 bits per heavy atom. The number of alkyl halides is 3. The first kappa shape index (κ1) is 23.9. The monoisotopic (exact) mass is 359 g/mol. The molecular weight excluding hydrogens is 339 g/mol. The van der Waals surface area contributed by atoms with E-state index in [1.165, 1.54) is 4.90 Å². The third kappa shape index (κ3) is 10.8. The van der Waals surface area contributed by atoms with Gasteiger partial charge >= 0.3 is 0 Å². The van der Waals surface area contributed by atoms with E-state index < -0.39 is 3.79 Å². The summed E-state index contributed by atoms with van der Waals surface area (Å²) in [6, 6.07) is 0. The molecule has 3 N–H and O–H groups in total. The zero-order valence-corrected chi connectivity index (χ0v) is 14.7. The van der Waals surface area contributed by atoms with Gasteiger partial charge in [0.1, 0.15) is 0 Å². The fourth-order valence-electron chi connectivity index (χ4n) is 1.43. The van der Waals surface area contributed by atoms with Gasteiger partial charge in [-0.05, 0) is 6.42 Å². The van der Waals surface area contributed by atoms with E-state index in [-0.39, 0.29) is 24.8 Å². The Morgan fingerprint density at radius 1 is 1.17 bits per heavy atom. The zero-order chi connectivity index (χ0) is 12.8. The first-order valence-electron chi connectivity index (χ1n) is 5.52. The number of quaternary nitrogens is 1. The summed E-state index contributed by atoms with van der Waals surface area (Å²) in [5, 5.41) is 0. The van der Waals surface area contributed by atoms with Crippen molar-refractivity contribution in [3.63, 3.8) is 0 Å². The molecule has 0 heterocycles. The van der Waals surface area contributed by atoms with Crippen molar-refractivity contribution in [3.05, 3.63) is 0 Å². The van der Waals surface area contributed by atoms with E-state index in [1.807, 2.05) is 4.58 Å². The number of nitrogens with zero attached hydrogens (tertiary/aromatic N) is 1. The molecule has 0 saturated heterocycles. The molecule has 18 heavy (non-hydrogen) atoms. The Morgan fingerprint density at radius 2 is 1.67 bits per heavy atom. The molecule has 0 fully saturated rings. The van der Waals surface area contributed by atoms with Gasteiger partial charge in [0.15, 0.2) is 0 Å². The lowest BCUT2D eigenvalue weighted by Crippen LogP contribution is -3.05. The van der Waals surface area contributed by atoms with Crippen molar-refractivity contribution >= 4 is 40.6 Å². The second kappa shape index (κ2) is 11.7. The fraction of sp³-hybridized carbons (Fsp3) is 0.900. The van der Waals surface area contributed by atoms with E-state index in [2.05, 4.69) is 21.0 Å². The van der Waals surface area contributed by atoms with Gasteiger partial charge in [0.05, 0.1) is 33.7 Å². The van der Waals surface area contributed by atoms with Gasteiger partial charge in [0.25, 0.3) is 9.63 Å². The fourth-order valence-corrected chi connectivity index (χ4v) is 1.78. The van der Waals surface area contributed by atoms with Crippen LogP contribution in [0.5, 0.6) is 0 Å². The van der Waals surface area contributed by atoms with Crippen molar-refractivity contribution in [2.24, 2.45) is 5.73 Å². The molecule has 8 heteroatoms. The quantitative estimate of drug-likeness (QED) is 0.211. The van der Waals surface area contributed by atoms with Crippen molar-refractivity contribution in [2.75, 3.05) is 33.7 Å². The molecule has 112 valence electrons. The molecule has 0 atom stereocenters. The van der Waals surface area contributed by atoms with Gasteiger partial charge in [0.2, 0.25) is 0 Å². The molecule has 0 aromatic rings. The third-order valence-electron chi connectivity index (χ3n) is 2.23. The maximum atomic E-state index is 5.84. The zero-order valence-electron chi connectivity index (χ0n) is 10.9. The van der Waals surface area contributed by atoms with Gasteiger partial charge in [-0.1, -0.05) is 41.7 Å². The molecule has 0 aliphatic carbocycles. The van der Waals surface area contributed by atoms with Gasteiger partial charge in [-0.25, -0.2) is 0 Å². The van der Waals surface area contributed by atoms with Gasteiger partial charge in [-0.3, -0.25) is 10.3 Å². The largest absolute Gasteiger partial charge is 1.00 e. The minimum absolute atomic E-state index is 0. The van der Waals surface area contributed by atoms with Crippen molar-refractivity contribution in [2.45, 2.75) is 23.6 Å². The van der Waals surface area contributed by atoms with Gasteiger partial charge in [-0.15, -0.1) is 0 Å². The number of hydrogen-bond acceptors (Lipinski definition) is 0. The highest BCUT2D eigenvalue weighted by Crippen LogP contribution is 2.25. The molecule has 0 spiro atoms. The van der Waals surface area contributed by atoms with Gasteiger partial charge in [0, 0.05) is 6.42 Å². The molecule has 0 aliphatic heterocycles. The predicted octanol–water partition coefficient (Wildman–Crippen LogP) is -5.32. The van der Waals surface area contributed by atoms with Crippen LogP contribution in [0.4, 0.5) is 0 Å². The molecule has 0 aliphatic rings. The first-order chi connectivity index (χ1) is 7.29. The molecule has 0 radical (unpaired) electrons. The van der Waals surface area contributed by atoms with Crippen molar-refractivity contribution in [1.82, 2.24) is 0 Å². The molecule has 0 aromatic carbocycles. The lowest BCUT2D eigenvalue weighted by Gasteiger charge is -2.14. The highest BCUT2D eigenvalue weighted by Gasteiger charge is 2.33. The van der Waals surface area contributed by atoms with Crippen molar-refractivity contribution < 1.29 is 34.3 Å². The highest BCUT2D eigenvalue weighted by molar-refractivity contribution is 6.76. The lowest BCUT2D eigenvalue weighted by atomic mass is 10.3. The van der Waals surface area contributed by atoms with E-state index in [0.29, 0.717) is 5.84 Å². The molecule has 0 amide bonds. The summed E-state index contributed by atoms with van der Waals surface area (Å²) >= 11 is 17.3. The van der Waals surface area contributed by atoms with Crippen molar-refractivity contribution in [1.29, 1.82) is 0 Å². The van der Waals surface area contributed by atoms with Crippen LogP contribution in [0.2, 0.25) is 0 Å². The minimum Gasteiger partial charge on any atom is -1.00 e. The van der Waals surface area contributed by atoms with Crippen LogP contribution in [0.1, 0.15) is 19.8 Å². The summed E-state index contributed by atoms with van der Waals surface area (Å²) < 4.78 is 0.454. The van der Waals surface area contributed by atoms with Crippen LogP contribution >= 0.6 is 34.8 Å². The number of nitrogens with one attached hydrogen (secondary N) is 1. The average Bonchev–Trinajstić information content (AvgIpc) is 2.13. The topological polar surface area (TPSA) is 33.5 Å². The van der Waals surface area contributed by atoms with E-state index in [1.54, 1.807) is 0 Å². The molecule has 0 aromatic heterocycles. The molecular formula is C10H22Cl5N3. The van der Waals surface area contributed by atoms with Crippen LogP contribution in [-0.2, 0) is 0 Å². The van der Waals surface area contributed by atoms with Crippen LogP contribution in [-0.4, -0.2) is 47.9 Å². The SMILES string of the molecule is CCC[N+](CCC[NH+](C)C)=C(N)C(Cl)(Cl)Cl.[Cl-].[Cl-]. The molecule has 0 rings (SSSR count). The first-order valence-corrected chi connectivity index (χ1v) is 6.66. The maximum Gasteiger partial charge on any atom is 0.295 e. The Bertz CT molecular complexity index is 238. The van der Waals surface area contributed by atoms with E-state index >= 15 is 0 Å². The normalized spacial score (nSPS) is 12.6. The van der Waals surface area contributed by atoms with Crippen LogP contribution in [0.15, 0.2) is 0 Å². The molecule has 0 bridgehead atoms. The summed E-state index contributed by atoms with van der Waals surface area (Å²) in [6.07, 6.45) is 2.01. The summed E-state index contributed by atoms with van der Waals surface area (Å²) in [6.45, 7) is 4.81. The highest BCUT2D eigenvalue weighted by atomic mass is 35.6. The summed E-state index contributed by atoms with van der Waals surface area (Å²) in [5.41, 5.74) is 5.84. The van der Waals surface area contributed by atoms with Gasteiger partial charge < -0.3 is 29.7 Å². The van der Waals surface area contributed by atoms with Gasteiger partial charge in [-0.2, -0.15) is 0 Å². The smallest absolute Gasteiger partial charge is 0.295 e. The minimum atomic E-state index is -1.50. The number of rotatable bonds is 6. The summed E-state index contributed by atoms with van der Waals surface area (Å²) in [7, 11) is 4.23. The predicted molar refractivity (Wildman–Crippen MR) is 72.1 cm³/mol. The van der Waals surface area contributed by atoms with Crippen LogP contribution < -0.4 is 35.4 Å². The Kier molecular flexibility index (Phi) is 15.5. The average molecular weight is 362 g/mol. The summed E-state index contributed by atoms with van der Waals surface area (Å²) in [5.74, 6) is 0.327. The lowest BCUT2D eigenvalue weighted by molar-refractivity contribution is -0.859. The van der Waals surface area contributed by atoms with Crippen LogP contribution in [0, 0.1) is 0 Å². The summed E-state index contributed by atoms with van der Waals surface area (Å²) in [4.78, 5) is 1.41. The molecule has 0 saturated carbocycles. The second-order valence-corrected chi connectivity index (χ2v) is 6.46. The van der Waals surface area contributed by atoms with Crippen LogP contribution in [0.3, 0.4) is 0 Å². The maximum absolute atomic E-state index is 5.84. The second-order valence-electron chi connectivity index (χ2n) is 4.18. The van der Waals surface area contributed by atoms with E-state index in [0.717, 1.165) is 32.5 Å². The van der Waals surface area contributed by atoms with Crippen molar-refractivity contribution in [3.8, 4) is 0 Å². The Labute approximate surface area is 137 Å².